The lowest BCUT2D eigenvalue weighted by molar-refractivity contribution is -0.113. The minimum atomic E-state index is -3.56. The van der Waals surface area contributed by atoms with Gasteiger partial charge in [-0.25, -0.2) is 17.5 Å². The van der Waals surface area contributed by atoms with Crippen LogP contribution in [0.2, 0.25) is 0 Å². The highest BCUT2D eigenvalue weighted by Gasteiger charge is 2.24. The van der Waals surface area contributed by atoms with Gasteiger partial charge in [-0.1, -0.05) is 12.5 Å². The van der Waals surface area contributed by atoms with Crippen LogP contribution < -0.4 is 9.62 Å². The highest BCUT2D eigenvalue weighted by molar-refractivity contribution is 7.89. The van der Waals surface area contributed by atoms with Crippen LogP contribution in [0.3, 0.4) is 0 Å². The maximum Gasteiger partial charge on any atom is 0.250 e. The van der Waals surface area contributed by atoms with Crippen molar-refractivity contribution < 1.29 is 22.7 Å². The average molecular weight is 404 g/mol. The van der Waals surface area contributed by atoms with Gasteiger partial charge in [-0.3, -0.25) is 4.79 Å². The molecule has 1 fully saturated rings. The van der Waals surface area contributed by atoms with Gasteiger partial charge in [0.1, 0.15) is 0 Å². The van der Waals surface area contributed by atoms with Gasteiger partial charge in [0.15, 0.2) is 11.6 Å². The molecule has 148 valence electrons. The summed E-state index contributed by atoms with van der Waals surface area (Å²) in [5.41, 5.74) is 0.953. The van der Waals surface area contributed by atoms with Gasteiger partial charge in [-0.2, -0.15) is 0 Å². The molecular formula is C20H21FN2O4S. The summed E-state index contributed by atoms with van der Waals surface area (Å²) < 4.78 is 40.6. The van der Waals surface area contributed by atoms with E-state index < -0.39 is 21.6 Å². The Kier molecular flexibility index (Phi) is 5.81. The summed E-state index contributed by atoms with van der Waals surface area (Å²) in [5.74, 6) is -1.59. The largest absolute Gasteiger partial charge is 0.505 e. The molecule has 0 radical (unpaired) electrons. The van der Waals surface area contributed by atoms with Gasteiger partial charge in [0.05, 0.1) is 4.90 Å². The van der Waals surface area contributed by atoms with E-state index in [1.54, 1.807) is 19.2 Å². The number of sulfonamides is 1. The lowest BCUT2D eigenvalue weighted by atomic mass is 9.94. The van der Waals surface area contributed by atoms with Crippen molar-refractivity contribution in [2.75, 3.05) is 11.9 Å². The summed E-state index contributed by atoms with van der Waals surface area (Å²) in [6.07, 6.45) is 5.44. The molecule has 0 saturated heterocycles. The molecule has 0 spiro atoms. The van der Waals surface area contributed by atoms with E-state index in [-0.39, 0.29) is 16.8 Å². The van der Waals surface area contributed by atoms with Crippen molar-refractivity contribution in [2.24, 2.45) is 0 Å². The first-order valence-corrected chi connectivity index (χ1v) is 10.3. The van der Waals surface area contributed by atoms with Crippen LogP contribution in [0.5, 0.6) is 5.75 Å². The number of likely N-dealkylation sites (N-methyl/N-ethyl adjacent to an activating group) is 1. The third kappa shape index (κ3) is 4.58. The highest BCUT2D eigenvalue weighted by atomic mass is 32.2. The second-order valence-electron chi connectivity index (χ2n) is 6.68. The van der Waals surface area contributed by atoms with Gasteiger partial charge in [0.25, 0.3) is 5.91 Å². The molecule has 1 aliphatic rings. The molecule has 0 aromatic heterocycles. The molecule has 0 heterocycles. The Morgan fingerprint density at radius 2 is 1.89 bits per heavy atom. The van der Waals surface area contributed by atoms with E-state index in [1.165, 1.54) is 41.3 Å². The fourth-order valence-electron chi connectivity index (χ4n) is 2.70. The number of aromatic hydroxyl groups is 1. The predicted molar refractivity (Wildman–Crippen MR) is 105 cm³/mol. The second kappa shape index (κ2) is 8.12. The van der Waals surface area contributed by atoms with Crippen molar-refractivity contribution in [1.29, 1.82) is 0 Å². The maximum absolute atomic E-state index is 13.3. The first-order valence-electron chi connectivity index (χ1n) is 8.83. The summed E-state index contributed by atoms with van der Waals surface area (Å²) in [6, 6.07) is 9.84. The maximum atomic E-state index is 13.3. The molecule has 0 unspecified atom stereocenters. The van der Waals surface area contributed by atoms with Crippen molar-refractivity contribution in [2.45, 2.75) is 30.2 Å². The molecule has 28 heavy (non-hydrogen) atoms. The zero-order valence-electron chi connectivity index (χ0n) is 15.3. The number of rotatable bonds is 6. The average Bonchev–Trinajstić information content (AvgIpc) is 2.65. The van der Waals surface area contributed by atoms with E-state index in [1.807, 2.05) is 0 Å². The van der Waals surface area contributed by atoms with Crippen LogP contribution in [0.4, 0.5) is 10.1 Å². The SMILES string of the molecule is CN(C(=O)C=Cc1ccc(O)c(F)c1)c1ccc(S(=O)(=O)NC2CCC2)cc1. The van der Waals surface area contributed by atoms with Crippen LogP contribution in [-0.2, 0) is 14.8 Å². The fraction of sp³-hybridized carbons (Fsp3) is 0.250. The smallest absolute Gasteiger partial charge is 0.250 e. The molecule has 2 aromatic carbocycles. The lowest BCUT2D eigenvalue weighted by Gasteiger charge is -2.26. The van der Waals surface area contributed by atoms with Crippen LogP contribution >= 0.6 is 0 Å². The number of carbonyl (C=O) groups is 1. The Balaban J connectivity index is 1.67. The molecule has 0 bridgehead atoms. The molecule has 2 N–H and O–H groups in total. The van der Waals surface area contributed by atoms with Crippen molar-refractivity contribution in [3.63, 3.8) is 0 Å². The predicted octanol–water partition coefficient (Wildman–Crippen LogP) is 3.04. The third-order valence-corrected chi connectivity index (χ3v) is 6.22. The Morgan fingerprint density at radius 1 is 1.21 bits per heavy atom. The zero-order valence-corrected chi connectivity index (χ0v) is 16.1. The van der Waals surface area contributed by atoms with E-state index in [2.05, 4.69) is 4.72 Å². The zero-order chi connectivity index (χ0) is 20.3. The number of carbonyl (C=O) groups excluding carboxylic acids is 1. The van der Waals surface area contributed by atoms with Gasteiger partial charge in [-0.15, -0.1) is 0 Å². The number of nitrogens with zero attached hydrogens (tertiary/aromatic N) is 1. The van der Waals surface area contributed by atoms with Crippen molar-refractivity contribution in [3.8, 4) is 5.75 Å². The van der Waals surface area contributed by atoms with Gasteiger partial charge < -0.3 is 10.0 Å². The third-order valence-electron chi connectivity index (χ3n) is 4.68. The Hall–Kier alpha value is -2.71. The lowest BCUT2D eigenvalue weighted by Crippen LogP contribution is -2.39. The van der Waals surface area contributed by atoms with E-state index >= 15 is 0 Å². The minimum absolute atomic E-state index is 0.00352. The van der Waals surface area contributed by atoms with Crippen molar-refractivity contribution >= 4 is 27.7 Å². The van der Waals surface area contributed by atoms with E-state index in [9.17, 15) is 22.7 Å². The molecule has 1 aliphatic carbocycles. The number of phenolic OH excluding ortho intramolecular Hbond substituents is 1. The van der Waals surface area contributed by atoms with Gasteiger partial charge in [-0.05, 0) is 60.9 Å². The summed E-state index contributed by atoms with van der Waals surface area (Å²) in [6.45, 7) is 0. The number of anilines is 1. The Labute approximate surface area is 163 Å². The first-order chi connectivity index (χ1) is 13.3. The summed E-state index contributed by atoms with van der Waals surface area (Å²) in [7, 11) is -2.00. The molecule has 1 saturated carbocycles. The molecule has 1 amide bonds. The van der Waals surface area contributed by atoms with Crippen LogP contribution in [0.1, 0.15) is 24.8 Å². The molecule has 3 rings (SSSR count). The number of benzene rings is 2. The Bertz CT molecular complexity index is 999. The quantitative estimate of drug-likeness (QED) is 0.725. The monoisotopic (exact) mass is 404 g/mol. The number of hydrogen-bond acceptors (Lipinski definition) is 4. The van der Waals surface area contributed by atoms with Crippen LogP contribution in [0.25, 0.3) is 6.08 Å². The van der Waals surface area contributed by atoms with Crippen LogP contribution in [0, 0.1) is 5.82 Å². The van der Waals surface area contributed by atoms with Gasteiger partial charge in [0.2, 0.25) is 10.0 Å². The number of halogens is 1. The highest BCUT2D eigenvalue weighted by Crippen LogP contribution is 2.23. The number of amides is 1. The molecule has 6 nitrogen and oxygen atoms in total. The first kappa shape index (κ1) is 20.0. The molecule has 0 aliphatic heterocycles. The normalized spacial score (nSPS) is 14.8. The summed E-state index contributed by atoms with van der Waals surface area (Å²) in [4.78, 5) is 13.8. The molecule has 8 heteroatoms. The molecule has 0 atom stereocenters. The standard InChI is InChI=1S/C20H21FN2O4S/c1-23(20(25)12-6-14-5-11-19(24)18(21)13-14)16-7-9-17(10-8-16)28(26,27)22-15-3-2-4-15/h5-13,15,22,24H,2-4H2,1H3. The minimum Gasteiger partial charge on any atom is -0.505 e. The summed E-state index contributed by atoms with van der Waals surface area (Å²) in [5, 5.41) is 9.18. The van der Waals surface area contributed by atoms with Crippen LogP contribution in [0.15, 0.2) is 53.4 Å². The Morgan fingerprint density at radius 3 is 2.46 bits per heavy atom. The fourth-order valence-corrected chi connectivity index (χ4v) is 4.00. The second-order valence-corrected chi connectivity index (χ2v) is 8.40. The van der Waals surface area contributed by atoms with E-state index in [0.717, 1.165) is 25.3 Å². The van der Waals surface area contributed by atoms with E-state index in [4.69, 9.17) is 0 Å². The van der Waals surface area contributed by atoms with Crippen molar-refractivity contribution in [1.82, 2.24) is 4.72 Å². The van der Waals surface area contributed by atoms with Gasteiger partial charge in [0, 0.05) is 24.9 Å². The topological polar surface area (TPSA) is 86.7 Å². The number of phenols is 1. The van der Waals surface area contributed by atoms with Crippen LogP contribution in [-0.4, -0.2) is 32.5 Å². The van der Waals surface area contributed by atoms with Gasteiger partial charge >= 0.3 is 0 Å². The molecular weight excluding hydrogens is 383 g/mol. The van der Waals surface area contributed by atoms with E-state index in [0.29, 0.717) is 11.3 Å². The number of hydrogen-bond donors (Lipinski definition) is 2. The molecule has 2 aromatic rings. The van der Waals surface area contributed by atoms with Crippen molar-refractivity contribution in [3.05, 3.63) is 59.9 Å². The number of nitrogens with one attached hydrogen (secondary N) is 1. The summed E-state index contributed by atoms with van der Waals surface area (Å²) >= 11 is 0.